The van der Waals surface area contributed by atoms with Crippen molar-refractivity contribution in [1.82, 2.24) is 4.98 Å². The van der Waals surface area contributed by atoms with Crippen LogP contribution >= 0.6 is 0 Å². The fourth-order valence-corrected chi connectivity index (χ4v) is 2.13. The Kier molecular flexibility index (Phi) is 3.52. The van der Waals surface area contributed by atoms with E-state index < -0.39 is 0 Å². The van der Waals surface area contributed by atoms with Crippen LogP contribution in [-0.4, -0.2) is 24.0 Å². The molecular formula is C16H12N2O3. The van der Waals surface area contributed by atoms with Crippen LogP contribution < -0.4 is 9.47 Å². The molecule has 2 aromatic rings. The lowest BCUT2D eigenvalue weighted by Crippen LogP contribution is -2.16. The molecule has 1 aromatic heterocycles. The van der Waals surface area contributed by atoms with Crippen LogP contribution in [0, 0.1) is 11.3 Å². The molecule has 3 rings (SSSR count). The SMILES string of the molecule is N#CCc1ccnc(C(=O)c2ccc3c(c2)OCCO3)c1. The van der Waals surface area contributed by atoms with Gasteiger partial charge in [0.25, 0.3) is 0 Å². The summed E-state index contributed by atoms with van der Waals surface area (Å²) < 4.78 is 10.9. The first-order valence-corrected chi connectivity index (χ1v) is 6.54. The third-order valence-electron chi connectivity index (χ3n) is 3.14. The van der Waals surface area contributed by atoms with E-state index >= 15 is 0 Å². The van der Waals surface area contributed by atoms with Crippen molar-refractivity contribution in [3.8, 4) is 17.6 Å². The molecule has 21 heavy (non-hydrogen) atoms. The molecule has 0 unspecified atom stereocenters. The predicted molar refractivity (Wildman–Crippen MR) is 74.4 cm³/mol. The quantitative estimate of drug-likeness (QED) is 0.805. The maximum atomic E-state index is 12.4. The second kappa shape index (κ2) is 5.63. The molecule has 0 aliphatic carbocycles. The lowest BCUT2D eigenvalue weighted by atomic mass is 10.0. The Labute approximate surface area is 121 Å². The van der Waals surface area contributed by atoms with Gasteiger partial charge in [0.15, 0.2) is 11.5 Å². The number of ketones is 1. The molecule has 0 fully saturated rings. The number of hydrogen-bond donors (Lipinski definition) is 0. The van der Waals surface area contributed by atoms with Crippen LogP contribution in [0.25, 0.3) is 0 Å². The van der Waals surface area contributed by atoms with E-state index in [-0.39, 0.29) is 12.2 Å². The highest BCUT2D eigenvalue weighted by Gasteiger charge is 2.17. The number of nitriles is 1. The van der Waals surface area contributed by atoms with Gasteiger partial charge < -0.3 is 9.47 Å². The van der Waals surface area contributed by atoms with Gasteiger partial charge in [0.1, 0.15) is 18.9 Å². The van der Waals surface area contributed by atoms with Crippen molar-refractivity contribution in [3.63, 3.8) is 0 Å². The molecule has 1 aliphatic heterocycles. The second-order valence-electron chi connectivity index (χ2n) is 4.57. The zero-order valence-electron chi connectivity index (χ0n) is 11.2. The molecule has 1 aromatic carbocycles. The van der Waals surface area contributed by atoms with Crippen LogP contribution in [0.1, 0.15) is 21.6 Å². The lowest BCUT2D eigenvalue weighted by Gasteiger charge is -2.18. The van der Waals surface area contributed by atoms with Crippen molar-refractivity contribution < 1.29 is 14.3 Å². The van der Waals surface area contributed by atoms with Crippen molar-refractivity contribution in [3.05, 3.63) is 53.3 Å². The third-order valence-corrected chi connectivity index (χ3v) is 3.14. The summed E-state index contributed by atoms with van der Waals surface area (Å²) >= 11 is 0. The topological polar surface area (TPSA) is 72.2 Å². The normalized spacial score (nSPS) is 12.5. The van der Waals surface area contributed by atoms with Gasteiger partial charge in [-0.1, -0.05) is 0 Å². The van der Waals surface area contributed by atoms with Gasteiger partial charge >= 0.3 is 0 Å². The molecule has 5 nitrogen and oxygen atoms in total. The molecule has 1 aliphatic rings. The Balaban J connectivity index is 1.91. The smallest absolute Gasteiger partial charge is 0.211 e. The number of ether oxygens (including phenoxy) is 2. The average molecular weight is 280 g/mol. The van der Waals surface area contributed by atoms with E-state index in [1.54, 1.807) is 30.3 Å². The third kappa shape index (κ3) is 2.70. The average Bonchev–Trinajstić information content (AvgIpc) is 2.54. The molecule has 0 bridgehead atoms. The molecule has 5 heteroatoms. The maximum absolute atomic E-state index is 12.4. The van der Waals surface area contributed by atoms with Crippen molar-refractivity contribution in [1.29, 1.82) is 5.26 Å². The van der Waals surface area contributed by atoms with E-state index in [0.717, 1.165) is 5.56 Å². The van der Waals surface area contributed by atoms with E-state index in [1.807, 2.05) is 0 Å². The number of pyridine rings is 1. The van der Waals surface area contributed by atoms with Gasteiger partial charge in [-0.2, -0.15) is 5.26 Å². The minimum atomic E-state index is -0.202. The van der Waals surface area contributed by atoms with Gasteiger partial charge in [0.2, 0.25) is 5.78 Å². The summed E-state index contributed by atoms with van der Waals surface area (Å²) in [5.74, 6) is 1.01. The lowest BCUT2D eigenvalue weighted by molar-refractivity contribution is 0.103. The van der Waals surface area contributed by atoms with E-state index in [2.05, 4.69) is 11.1 Å². The first kappa shape index (κ1) is 13.1. The fourth-order valence-electron chi connectivity index (χ4n) is 2.13. The monoisotopic (exact) mass is 280 g/mol. The van der Waals surface area contributed by atoms with Gasteiger partial charge in [-0.05, 0) is 35.9 Å². The number of benzene rings is 1. The van der Waals surface area contributed by atoms with Crippen LogP contribution in [0.3, 0.4) is 0 Å². The van der Waals surface area contributed by atoms with E-state index in [1.165, 1.54) is 6.20 Å². The molecule has 0 saturated carbocycles. The number of hydrogen-bond acceptors (Lipinski definition) is 5. The number of fused-ring (bicyclic) bond motifs is 1. The molecule has 0 spiro atoms. The Morgan fingerprint density at radius 1 is 1.19 bits per heavy atom. The number of carbonyl (C=O) groups excluding carboxylic acids is 1. The number of aromatic nitrogens is 1. The second-order valence-corrected chi connectivity index (χ2v) is 4.57. The van der Waals surface area contributed by atoms with Crippen molar-refractivity contribution >= 4 is 5.78 Å². The summed E-state index contributed by atoms with van der Waals surface area (Å²) in [5.41, 5.74) is 1.58. The molecule has 0 amide bonds. The highest BCUT2D eigenvalue weighted by atomic mass is 16.6. The summed E-state index contributed by atoms with van der Waals surface area (Å²) in [7, 11) is 0. The van der Waals surface area contributed by atoms with E-state index in [9.17, 15) is 4.79 Å². The van der Waals surface area contributed by atoms with Crippen LogP contribution in [0.15, 0.2) is 36.5 Å². The van der Waals surface area contributed by atoms with Gasteiger partial charge in [-0.15, -0.1) is 0 Å². The Hall–Kier alpha value is -2.87. The number of carbonyl (C=O) groups is 1. The number of nitrogens with zero attached hydrogens (tertiary/aromatic N) is 2. The van der Waals surface area contributed by atoms with Crippen molar-refractivity contribution in [2.24, 2.45) is 0 Å². The number of rotatable bonds is 3. The highest BCUT2D eigenvalue weighted by molar-refractivity contribution is 6.08. The summed E-state index contributed by atoms with van der Waals surface area (Å²) in [6.45, 7) is 0.985. The standard InChI is InChI=1S/C16H12N2O3/c17-5-3-11-4-6-18-13(9-11)16(19)12-1-2-14-15(10-12)21-8-7-20-14/h1-2,4,6,9-10H,3,7-8H2. The molecule has 0 radical (unpaired) electrons. The van der Waals surface area contributed by atoms with E-state index in [4.69, 9.17) is 14.7 Å². The minimum Gasteiger partial charge on any atom is -0.486 e. The Morgan fingerprint density at radius 3 is 2.81 bits per heavy atom. The largest absolute Gasteiger partial charge is 0.486 e. The summed E-state index contributed by atoms with van der Waals surface area (Å²) in [6, 6.07) is 10.5. The van der Waals surface area contributed by atoms with Crippen LogP contribution in [0.2, 0.25) is 0 Å². The predicted octanol–water partition coefficient (Wildman–Crippen LogP) is 2.15. The fraction of sp³-hybridized carbons (Fsp3) is 0.188. The highest BCUT2D eigenvalue weighted by Crippen LogP contribution is 2.31. The zero-order valence-corrected chi connectivity index (χ0v) is 11.2. The molecule has 0 N–H and O–H groups in total. The first-order chi connectivity index (χ1) is 10.3. The van der Waals surface area contributed by atoms with Crippen LogP contribution in [0.4, 0.5) is 0 Å². The maximum Gasteiger partial charge on any atom is 0.211 e. The Morgan fingerprint density at radius 2 is 2.00 bits per heavy atom. The summed E-state index contributed by atoms with van der Waals surface area (Å²) in [5, 5.41) is 8.71. The molecule has 2 heterocycles. The van der Waals surface area contributed by atoms with Gasteiger partial charge in [0, 0.05) is 11.8 Å². The molecule has 104 valence electrons. The summed E-state index contributed by atoms with van der Waals surface area (Å²) in [6.07, 6.45) is 1.79. The van der Waals surface area contributed by atoms with Gasteiger partial charge in [0.05, 0.1) is 12.5 Å². The van der Waals surface area contributed by atoms with Crippen LogP contribution in [-0.2, 0) is 6.42 Å². The van der Waals surface area contributed by atoms with Crippen molar-refractivity contribution in [2.45, 2.75) is 6.42 Å². The molecule has 0 saturated heterocycles. The molecule has 0 atom stereocenters. The summed E-state index contributed by atoms with van der Waals surface area (Å²) in [4.78, 5) is 16.5. The zero-order chi connectivity index (χ0) is 14.7. The minimum absolute atomic E-state index is 0.202. The molecular weight excluding hydrogens is 268 g/mol. The Bertz CT molecular complexity index is 735. The van der Waals surface area contributed by atoms with Crippen LogP contribution in [0.5, 0.6) is 11.5 Å². The van der Waals surface area contributed by atoms with E-state index in [0.29, 0.717) is 36.0 Å². The van der Waals surface area contributed by atoms with Gasteiger partial charge in [-0.3, -0.25) is 9.78 Å². The van der Waals surface area contributed by atoms with Gasteiger partial charge in [-0.25, -0.2) is 0 Å². The van der Waals surface area contributed by atoms with Crippen molar-refractivity contribution in [2.75, 3.05) is 13.2 Å². The first-order valence-electron chi connectivity index (χ1n) is 6.54.